The van der Waals surface area contributed by atoms with Crippen molar-refractivity contribution in [2.45, 2.75) is 0 Å². The predicted octanol–water partition coefficient (Wildman–Crippen LogP) is 4.31. The number of halogens is 2. The van der Waals surface area contributed by atoms with Gasteiger partial charge in [0, 0.05) is 10.9 Å². The fourth-order valence-corrected chi connectivity index (χ4v) is 2.29. The van der Waals surface area contributed by atoms with E-state index in [4.69, 9.17) is 23.2 Å². The third-order valence-corrected chi connectivity index (χ3v) is 3.37. The molecule has 0 aliphatic carbocycles. The molecule has 2 aromatic carbocycles. The Balaban J connectivity index is 2.27. The summed E-state index contributed by atoms with van der Waals surface area (Å²) in [5.41, 5.74) is 1.38. The van der Waals surface area contributed by atoms with Gasteiger partial charge in [-0.05, 0) is 30.3 Å². The maximum atomic E-state index is 9.45. The van der Waals surface area contributed by atoms with Crippen molar-refractivity contribution in [1.29, 1.82) is 0 Å². The van der Waals surface area contributed by atoms with Crippen LogP contribution in [-0.4, -0.2) is 15.1 Å². The molecule has 0 unspecified atom stereocenters. The second-order valence-corrected chi connectivity index (χ2v) is 4.78. The van der Waals surface area contributed by atoms with Crippen LogP contribution in [-0.2, 0) is 0 Å². The van der Waals surface area contributed by atoms with Crippen molar-refractivity contribution in [2.75, 3.05) is 0 Å². The maximum absolute atomic E-state index is 9.45. The molecule has 0 amide bonds. The van der Waals surface area contributed by atoms with Crippen LogP contribution in [0.4, 0.5) is 0 Å². The van der Waals surface area contributed by atoms with Crippen LogP contribution >= 0.6 is 23.2 Å². The average molecular weight is 291 g/mol. The highest BCUT2D eigenvalue weighted by Gasteiger charge is 2.10. The summed E-state index contributed by atoms with van der Waals surface area (Å²) in [5.74, 6) is 0.595. The van der Waals surface area contributed by atoms with Gasteiger partial charge in [-0.2, -0.15) is 0 Å². The molecule has 0 saturated heterocycles. The Bertz CT molecular complexity index is 774. The Kier molecular flexibility index (Phi) is 3.01. The molecule has 19 heavy (non-hydrogen) atoms. The van der Waals surface area contributed by atoms with Crippen molar-refractivity contribution < 1.29 is 5.11 Å². The molecule has 1 aromatic heterocycles. The summed E-state index contributed by atoms with van der Waals surface area (Å²) < 4.78 is 0. The number of benzene rings is 2. The van der Waals surface area contributed by atoms with Crippen molar-refractivity contribution >= 4 is 34.1 Å². The fourth-order valence-electron chi connectivity index (χ4n) is 1.84. The first kappa shape index (κ1) is 12.2. The summed E-state index contributed by atoms with van der Waals surface area (Å²) in [4.78, 5) is 8.65. The van der Waals surface area contributed by atoms with Crippen LogP contribution < -0.4 is 0 Å². The first-order chi connectivity index (χ1) is 9.15. The summed E-state index contributed by atoms with van der Waals surface area (Å²) in [7, 11) is 0. The molecule has 5 heteroatoms. The first-order valence-electron chi connectivity index (χ1n) is 5.56. The Labute approximate surface area is 119 Å². The minimum atomic E-state index is 0.128. The van der Waals surface area contributed by atoms with E-state index in [1.165, 1.54) is 6.07 Å². The van der Waals surface area contributed by atoms with E-state index in [-0.39, 0.29) is 10.9 Å². The summed E-state index contributed by atoms with van der Waals surface area (Å²) in [6, 6.07) is 12.1. The zero-order chi connectivity index (χ0) is 13.4. The van der Waals surface area contributed by atoms with Gasteiger partial charge in [0.25, 0.3) is 0 Å². The van der Waals surface area contributed by atoms with Crippen LogP contribution in [0.25, 0.3) is 22.3 Å². The normalized spacial score (nSPS) is 10.8. The summed E-state index contributed by atoms with van der Waals surface area (Å²) in [6.07, 6.45) is 0. The van der Waals surface area contributed by atoms with Gasteiger partial charge in [-0.3, -0.25) is 0 Å². The Hall–Kier alpha value is -1.84. The molecule has 3 rings (SSSR count). The smallest absolute Gasteiger partial charge is 0.162 e. The highest BCUT2D eigenvalue weighted by atomic mass is 35.5. The highest BCUT2D eigenvalue weighted by molar-refractivity contribution is 6.35. The van der Waals surface area contributed by atoms with Gasteiger partial charge in [0.1, 0.15) is 10.9 Å². The van der Waals surface area contributed by atoms with Crippen LogP contribution in [0.15, 0.2) is 42.5 Å². The SMILES string of the molecule is Oc1ccc2nc(-c3ccccc3Cl)nc(Cl)c2c1. The lowest BCUT2D eigenvalue weighted by Gasteiger charge is -2.06. The number of phenols is 1. The first-order valence-corrected chi connectivity index (χ1v) is 6.32. The van der Waals surface area contributed by atoms with Crippen LogP contribution in [0.3, 0.4) is 0 Å². The summed E-state index contributed by atoms with van der Waals surface area (Å²) >= 11 is 12.3. The van der Waals surface area contributed by atoms with Gasteiger partial charge in [0.2, 0.25) is 0 Å². The number of fused-ring (bicyclic) bond motifs is 1. The molecule has 1 N–H and O–H groups in total. The summed E-state index contributed by atoms with van der Waals surface area (Å²) in [6.45, 7) is 0. The van der Waals surface area contributed by atoms with Gasteiger partial charge in [-0.25, -0.2) is 9.97 Å². The van der Waals surface area contributed by atoms with E-state index in [2.05, 4.69) is 9.97 Å². The van der Waals surface area contributed by atoms with E-state index in [1.54, 1.807) is 18.2 Å². The number of rotatable bonds is 1. The molecule has 0 radical (unpaired) electrons. The lowest BCUT2D eigenvalue weighted by Crippen LogP contribution is -1.92. The van der Waals surface area contributed by atoms with Crippen LogP contribution in [0.5, 0.6) is 5.75 Å². The van der Waals surface area contributed by atoms with Gasteiger partial charge >= 0.3 is 0 Å². The highest BCUT2D eigenvalue weighted by Crippen LogP contribution is 2.30. The quantitative estimate of drug-likeness (QED) is 0.679. The van der Waals surface area contributed by atoms with Gasteiger partial charge < -0.3 is 5.11 Å². The number of nitrogens with zero attached hydrogens (tertiary/aromatic N) is 2. The number of aromatic hydroxyl groups is 1. The van der Waals surface area contributed by atoms with Crippen molar-refractivity contribution in [3.8, 4) is 17.1 Å². The van der Waals surface area contributed by atoms with E-state index in [9.17, 15) is 5.11 Å². The van der Waals surface area contributed by atoms with E-state index >= 15 is 0 Å². The van der Waals surface area contributed by atoms with Crippen LogP contribution in [0.1, 0.15) is 0 Å². The topological polar surface area (TPSA) is 46.0 Å². The van der Waals surface area contributed by atoms with Crippen molar-refractivity contribution in [3.63, 3.8) is 0 Å². The minimum absolute atomic E-state index is 0.128. The molecule has 0 atom stereocenters. The number of hydrogen-bond donors (Lipinski definition) is 1. The van der Waals surface area contributed by atoms with Gasteiger partial charge in [0.05, 0.1) is 10.5 Å². The van der Waals surface area contributed by atoms with E-state index in [0.29, 0.717) is 21.7 Å². The van der Waals surface area contributed by atoms with Gasteiger partial charge in [-0.1, -0.05) is 35.3 Å². The Morgan fingerprint density at radius 2 is 1.74 bits per heavy atom. The van der Waals surface area contributed by atoms with Crippen LogP contribution in [0, 0.1) is 0 Å². The molecule has 0 fully saturated rings. The van der Waals surface area contributed by atoms with Crippen LogP contribution in [0.2, 0.25) is 10.2 Å². The monoisotopic (exact) mass is 290 g/mol. The molecule has 0 saturated carbocycles. The summed E-state index contributed by atoms with van der Waals surface area (Å²) in [5, 5.41) is 10.9. The molecule has 3 nitrogen and oxygen atoms in total. The molecule has 94 valence electrons. The molecule has 0 aliphatic heterocycles. The van der Waals surface area contributed by atoms with Gasteiger partial charge in [0.15, 0.2) is 5.82 Å². The second kappa shape index (κ2) is 4.68. The molecular weight excluding hydrogens is 283 g/mol. The van der Waals surface area contributed by atoms with Crippen molar-refractivity contribution in [1.82, 2.24) is 9.97 Å². The van der Waals surface area contributed by atoms with E-state index in [0.717, 1.165) is 5.56 Å². The third-order valence-electron chi connectivity index (χ3n) is 2.75. The number of phenolic OH excluding ortho intramolecular Hbond substituents is 1. The second-order valence-electron chi connectivity index (χ2n) is 4.02. The zero-order valence-electron chi connectivity index (χ0n) is 9.64. The Morgan fingerprint density at radius 1 is 0.947 bits per heavy atom. The predicted molar refractivity (Wildman–Crippen MR) is 76.7 cm³/mol. The molecule has 0 bridgehead atoms. The minimum Gasteiger partial charge on any atom is -0.508 e. The molecule has 0 spiro atoms. The lowest BCUT2D eigenvalue weighted by molar-refractivity contribution is 0.476. The molecular formula is C14H8Cl2N2O. The third kappa shape index (κ3) is 2.23. The van der Waals surface area contributed by atoms with E-state index < -0.39 is 0 Å². The number of aromatic nitrogens is 2. The number of hydrogen-bond acceptors (Lipinski definition) is 3. The Morgan fingerprint density at radius 3 is 2.53 bits per heavy atom. The fraction of sp³-hybridized carbons (Fsp3) is 0. The maximum Gasteiger partial charge on any atom is 0.162 e. The van der Waals surface area contributed by atoms with Crippen molar-refractivity contribution in [3.05, 3.63) is 52.6 Å². The van der Waals surface area contributed by atoms with Crippen molar-refractivity contribution in [2.24, 2.45) is 0 Å². The molecule has 1 heterocycles. The molecule has 3 aromatic rings. The van der Waals surface area contributed by atoms with E-state index in [1.807, 2.05) is 18.2 Å². The lowest BCUT2D eigenvalue weighted by atomic mass is 10.2. The largest absolute Gasteiger partial charge is 0.508 e. The van der Waals surface area contributed by atoms with Gasteiger partial charge in [-0.15, -0.1) is 0 Å². The average Bonchev–Trinajstić information content (AvgIpc) is 2.40. The zero-order valence-corrected chi connectivity index (χ0v) is 11.2. The molecule has 0 aliphatic rings. The standard InChI is InChI=1S/C14H8Cl2N2O/c15-11-4-2-1-3-9(11)14-17-12-6-5-8(19)7-10(12)13(16)18-14/h1-7,19H.